The van der Waals surface area contributed by atoms with E-state index in [0.29, 0.717) is 22.6 Å². The summed E-state index contributed by atoms with van der Waals surface area (Å²) in [5.41, 5.74) is 0. The van der Waals surface area contributed by atoms with Crippen molar-refractivity contribution in [2.24, 2.45) is 0 Å². The quantitative estimate of drug-likeness (QED) is 0.368. The van der Waals surface area contributed by atoms with Gasteiger partial charge in [-0.1, -0.05) is 22.6 Å². The molecule has 0 aromatic heterocycles. The van der Waals surface area contributed by atoms with Gasteiger partial charge in [0.15, 0.2) is 0 Å². The largest absolute Gasteiger partial charge is 0.357 e. The van der Waals surface area contributed by atoms with Gasteiger partial charge in [0.25, 0.3) is 0 Å². The first-order chi connectivity index (χ1) is 4.25. The van der Waals surface area contributed by atoms with Gasteiger partial charge in [-0.3, -0.25) is 0 Å². The molecule has 0 saturated carbocycles. The second kappa shape index (κ2) is 4.94. The zero-order valence-electron chi connectivity index (χ0n) is 5.27. The van der Waals surface area contributed by atoms with Crippen LogP contribution >= 0.6 is 45.2 Å². The molecule has 0 saturated heterocycles. The molecule has 0 fully saturated rings. The van der Waals surface area contributed by atoms with E-state index < -0.39 is 9.85 Å². The second-order valence-corrected chi connectivity index (χ2v) is 2.74. The third-order valence-electron chi connectivity index (χ3n) is 0.498. The highest BCUT2D eigenvalue weighted by atomic mass is 127. The Kier molecular flexibility index (Phi) is 6.79. The van der Waals surface area contributed by atoms with E-state index in [1.54, 1.807) is 0 Å². The van der Waals surface area contributed by atoms with Crippen LogP contribution in [0, 0.1) is 0 Å². The smallest absolute Gasteiger partial charge is 0.199 e. The summed E-state index contributed by atoms with van der Waals surface area (Å²) < 4.78 is 41.9. The van der Waals surface area contributed by atoms with Crippen molar-refractivity contribution < 1.29 is 17.6 Å². The minimum absolute atomic E-state index is 0.180. The highest BCUT2D eigenvalue weighted by Gasteiger charge is 2.49. The highest BCUT2D eigenvalue weighted by Crippen LogP contribution is 2.38. The molecule has 0 rings (SSSR count). The molecule has 0 aliphatic heterocycles. The summed E-state index contributed by atoms with van der Waals surface area (Å²) in [4.78, 5) is 1.97. The Morgan fingerprint density at radius 2 is 1.10 bits per heavy atom. The molecular formula is C4H6F4I2. The third-order valence-corrected chi connectivity index (χ3v) is 1.44. The van der Waals surface area contributed by atoms with Gasteiger partial charge in [0.1, 0.15) is 0 Å². The van der Waals surface area contributed by atoms with Crippen LogP contribution in [0.1, 0.15) is 6.92 Å². The van der Waals surface area contributed by atoms with E-state index in [1.165, 1.54) is 0 Å². The molecule has 0 bridgehead atoms. The van der Waals surface area contributed by atoms with E-state index in [4.69, 9.17) is 0 Å². The summed E-state index contributed by atoms with van der Waals surface area (Å²) in [6.07, 6.45) is 0. The Morgan fingerprint density at radius 1 is 1.00 bits per heavy atom. The molecule has 0 unspecified atom stereocenters. The molecule has 0 aromatic carbocycles. The highest BCUT2D eigenvalue weighted by molar-refractivity contribution is 14.1. The van der Waals surface area contributed by atoms with Gasteiger partial charge in [-0.2, -0.15) is 17.6 Å². The Hall–Kier alpha value is 1.18. The van der Waals surface area contributed by atoms with Crippen molar-refractivity contribution in [1.29, 1.82) is 0 Å². The van der Waals surface area contributed by atoms with Crippen LogP contribution < -0.4 is 0 Å². The topological polar surface area (TPSA) is 0 Å². The van der Waals surface area contributed by atoms with Gasteiger partial charge in [0.05, 0.1) is 0 Å². The Balaban J connectivity index is 0. The number of rotatable bonds is 1. The van der Waals surface area contributed by atoms with Crippen molar-refractivity contribution >= 4 is 45.2 Å². The van der Waals surface area contributed by atoms with E-state index in [0.717, 1.165) is 0 Å². The van der Waals surface area contributed by atoms with Crippen LogP contribution in [0.2, 0.25) is 0 Å². The number of alkyl halides is 6. The first-order valence-corrected chi connectivity index (χ1v) is 5.31. The average Bonchev–Trinajstić information content (AvgIpc) is 1.66. The monoisotopic (exact) mass is 384 g/mol. The lowest BCUT2D eigenvalue weighted by atomic mass is 10.4. The van der Waals surface area contributed by atoms with Gasteiger partial charge in [0.2, 0.25) is 0 Å². The van der Waals surface area contributed by atoms with Gasteiger partial charge < -0.3 is 0 Å². The molecule has 0 aromatic rings. The maximum Gasteiger partial charge on any atom is 0.357 e. The molecule has 0 amide bonds. The molecule has 0 N–H and O–H groups in total. The lowest BCUT2D eigenvalue weighted by molar-refractivity contribution is -0.125. The van der Waals surface area contributed by atoms with E-state index in [-0.39, 0.29) is 6.92 Å². The van der Waals surface area contributed by atoms with Crippen LogP contribution in [0.5, 0.6) is 0 Å². The Bertz CT molecular complexity index is 70.2. The van der Waals surface area contributed by atoms with Crippen molar-refractivity contribution in [3.8, 4) is 0 Å². The van der Waals surface area contributed by atoms with Crippen LogP contribution in [-0.4, -0.2) is 14.8 Å². The zero-order chi connectivity index (χ0) is 9.00. The summed E-state index contributed by atoms with van der Waals surface area (Å²) >= 11 is 2.55. The molecule has 0 aliphatic rings. The molecule has 64 valence electrons. The van der Waals surface area contributed by atoms with E-state index in [2.05, 4.69) is 22.6 Å². The lowest BCUT2D eigenvalue weighted by Gasteiger charge is -2.15. The number of halogens is 6. The Labute approximate surface area is 84.0 Å². The summed E-state index contributed by atoms with van der Waals surface area (Å²) in [7, 11) is 0. The Morgan fingerprint density at radius 3 is 1.10 bits per heavy atom. The first kappa shape index (κ1) is 13.7. The van der Waals surface area contributed by atoms with Crippen LogP contribution in [0.15, 0.2) is 0 Å². The number of hydrogen-bond donors (Lipinski definition) is 0. The summed E-state index contributed by atoms with van der Waals surface area (Å²) in [5, 5.41) is 0. The van der Waals surface area contributed by atoms with Gasteiger partial charge >= 0.3 is 9.85 Å². The van der Waals surface area contributed by atoms with Crippen molar-refractivity contribution in [3.05, 3.63) is 0 Å². The second-order valence-electron chi connectivity index (χ2n) is 1.39. The molecule has 0 nitrogen and oxygen atoms in total. The third kappa shape index (κ3) is 5.93. The molecule has 0 spiro atoms. The van der Waals surface area contributed by atoms with Crippen LogP contribution in [0.4, 0.5) is 17.6 Å². The van der Waals surface area contributed by atoms with Gasteiger partial charge in [0, 0.05) is 29.5 Å². The fraction of sp³-hybridized carbons (Fsp3) is 1.00. The molecule has 0 aliphatic carbocycles. The van der Waals surface area contributed by atoms with Crippen LogP contribution in [-0.2, 0) is 0 Å². The molecular weight excluding hydrogens is 378 g/mol. The zero-order valence-corrected chi connectivity index (χ0v) is 9.58. The van der Waals surface area contributed by atoms with Crippen molar-refractivity contribution in [3.63, 3.8) is 0 Å². The molecule has 10 heavy (non-hydrogen) atoms. The summed E-state index contributed by atoms with van der Waals surface area (Å²) in [5.74, 6) is -3.91. The van der Waals surface area contributed by atoms with Crippen molar-refractivity contribution in [2.75, 3.05) is 4.93 Å². The predicted molar refractivity (Wildman–Crippen MR) is 49.5 cm³/mol. The maximum absolute atomic E-state index is 11.5. The van der Waals surface area contributed by atoms with Gasteiger partial charge in [-0.15, -0.1) is 0 Å². The standard InChI is InChI=1S/C3H3F4I.CH3I/c1-2(4,5)3(6,7)8;1-2/h1H3;1H3. The minimum Gasteiger partial charge on any atom is -0.199 e. The fourth-order valence-electron chi connectivity index (χ4n) is 0. The van der Waals surface area contributed by atoms with Crippen LogP contribution in [0.3, 0.4) is 0 Å². The van der Waals surface area contributed by atoms with E-state index in [1.807, 2.05) is 4.93 Å². The number of hydrogen-bond acceptors (Lipinski definition) is 0. The van der Waals surface area contributed by atoms with E-state index in [9.17, 15) is 17.6 Å². The van der Waals surface area contributed by atoms with Crippen molar-refractivity contribution in [2.45, 2.75) is 16.8 Å². The SMILES string of the molecule is CC(F)(F)C(F)(F)I.CI. The fourth-order valence-corrected chi connectivity index (χ4v) is 0. The average molecular weight is 384 g/mol. The molecule has 0 radical (unpaired) electrons. The first-order valence-electron chi connectivity index (χ1n) is 2.07. The minimum atomic E-state index is -3.93. The van der Waals surface area contributed by atoms with Gasteiger partial charge in [-0.25, -0.2) is 0 Å². The van der Waals surface area contributed by atoms with Gasteiger partial charge in [-0.05, 0) is 4.93 Å². The van der Waals surface area contributed by atoms with Crippen molar-refractivity contribution in [1.82, 2.24) is 0 Å². The summed E-state index contributed by atoms with van der Waals surface area (Å²) in [6.45, 7) is 0.180. The summed E-state index contributed by atoms with van der Waals surface area (Å²) in [6, 6.07) is 0. The lowest BCUT2D eigenvalue weighted by Crippen LogP contribution is -2.30. The molecule has 0 heterocycles. The van der Waals surface area contributed by atoms with E-state index >= 15 is 0 Å². The molecule has 6 heteroatoms. The predicted octanol–water partition coefficient (Wildman–Crippen LogP) is 3.72. The van der Waals surface area contributed by atoms with Crippen LogP contribution in [0.25, 0.3) is 0 Å². The molecule has 0 atom stereocenters. The normalized spacial score (nSPS) is 12.0. The maximum atomic E-state index is 11.5.